The molecule has 2 aromatic rings. The van der Waals surface area contributed by atoms with E-state index in [0.717, 1.165) is 41.0 Å². The van der Waals surface area contributed by atoms with Crippen molar-refractivity contribution >= 4 is 23.3 Å². The summed E-state index contributed by atoms with van der Waals surface area (Å²) in [6.07, 6.45) is 4.44. The summed E-state index contributed by atoms with van der Waals surface area (Å²) in [6.45, 7) is 2.73. The van der Waals surface area contributed by atoms with Crippen molar-refractivity contribution in [1.29, 1.82) is 0 Å². The molecule has 4 nitrogen and oxygen atoms in total. The van der Waals surface area contributed by atoms with Gasteiger partial charge in [0.25, 0.3) is 0 Å². The summed E-state index contributed by atoms with van der Waals surface area (Å²) in [4.78, 5) is 27.1. The van der Waals surface area contributed by atoms with E-state index < -0.39 is 11.9 Å². The van der Waals surface area contributed by atoms with Crippen molar-refractivity contribution in [3.8, 4) is 10.4 Å². The van der Waals surface area contributed by atoms with E-state index in [1.54, 1.807) is 0 Å². The van der Waals surface area contributed by atoms with E-state index in [-0.39, 0.29) is 0 Å². The molecular formula is C21H22O4S. The number of aryl methyl sites for hydroxylation is 1. The molecule has 2 fully saturated rings. The lowest BCUT2D eigenvalue weighted by atomic mass is 10.0. The molecule has 2 aliphatic rings. The minimum Gasteiger partial charge on any atom is -0.462 e. The molecular weight excluding hydrogens is 348 g/mol. The van der Waals surface area contributed by atoms with Crippen LogP contribution in [-0.2, 0) is 9.47 Å². The largest absolute Gasteiger partial charge is 0.462 e. The highest BCUT2D eigenvalue weighted by Crippen LogP contribution is 2.38. The number of thiophene rings is 1. The Morgan fingerprint density at radius 1 is 0.923 bits per heavy atom. The van der Waals surface area contributed by atoms with E-state index in [9.17, 15) is 9.59 Å². The second-order valence-corrected chi connectivity index (χ2v) is 8.41. The SMILES string of the molecule is Cc1sc(-c2ccccc2)c(C(=O)OCC2CC2)c1C(=O)OCC1CC1. The van der Waals surface area contributed by atoms with E-state index in [2.05, 4.69) is 0 Å². The molecule has 0 unspecified atom stereocenters. The molecule has 0 atom stereocenters. The van der Waals surface area contributed by atoms with Crippen LogP contribution in [0.2, 0.25) is 0 Å². The molecule has 4 rings (SSSR count). The summed E-state index contributed by atoms with van der Waals surface area (Å²) >= 11 is 1.45. The van der Waals surface area contributed by atoms with Crippen LogP contribution < -0.4 is 0 Å². The van der Waals surface area contributed by atoms with Gasteiger partial charge in [-0.05, 0) is 50.0 Å². The van der Waals surface area contributed by atoms with Gasteiger partial charge in [-0.3, -0.25) is 0 Å². The summed E-state index contributed by atoms with van der Waals surface area (Å²) in [6, 6.07) is 9.67. The molecule has 0 amide bonds. The number of benzene rings is 1. The Balaban J connectivity index is 1.67. The second-order valence-electron chi connectivity index (χ2n) is 7.19. The standard InChI is InChI=1S/C21H22O4S/c1-13-17(20(22)24-11-14-7-8-14)18(21(23)25-12-15-9-10-15)19(26-13)16-5-3-2-4-6-16/h2-6,14-15H,7-12H2,1H3. The molecule has 0 radical (unpaired) electrons. The van der Waals surface area contributed by atoms with Gasteiger partial charge in [-0.15, -0.1) is 11.3 Å². The van der Waals surface area contributed by atoms with E-state index in [0.29, 0.717) is 36.2 Å². The molecule has 1 heterocycles. The minimum absolute atomic E-state index is 0.361. The quantitative estimate of drug-likeness (QED) is 0.653. The Bertz CT molecular complexity index is 816. The van der Waals surface area contributed by atoms with Gasteiger partial charge >= 0.3 is 11.9 Å². The molecule has 5 heteroatoms. The average Bonchev–Trinajstić information content (AvgIpc) is 3.56. The summed E-state index contributed by atoms with van der Waals surface area (Å²) in [5, 5.41) is 0. The highest BCUT2D eigenvalue weighted by molar-refractivity contribution is 7.16. The van der Waals surface area contributed by atoms with Crippen molar-refractivity contribution in [3.63, 3.8) is 0 Å². The number of esters is 2. The third-order valence-corrected chi connectivity index (χ3v) is 5.98. The Morgan fingerprint density at radius 3 is 2.00 bits per heavy atom. The summed E-state index contributed by atoms with van der Waals surface area (Å²) in [5.41, 5.74) is 1.65. The smallest absolute Gasteiger partial charge is 0.340 e. The van der Waals surface area contributed by atoms with Crippen molar-refractivity contribution in [3.05, 3.63) is 46.3 Å². The summed E-state index contributed by atoms with van der Waals surface area (Å²) < 4.78 is 11.0. The highest BCUT2D eigenvalue weighted by Gasteiger charge is 2.32. The van der Waals surface area contributed by atoms with Crippen LogP contribution in [0.15, 0.2) is 30.3 Å². The fourth-order valence-corrected chi connectivity index (χ4v) is 4.01. The van der Waals surface area contributed by atoms with Crippen LogP contribution in [0, 0.1) is 18.8 Å². The lowest BCUT2D eigenvalue weighted by Gasteiger charge is -2.09. The molecule has 0 bridgehead atoms. The molecule has 1 aromatic carbocycles. The molecule has 1 aromatic heterocycles. The Hall–Kier alpha value is -2.14. The summed E-state index contributed by atoms with van der Waals surface area (Å²) in [7, 11) is 0. The first-order chi connectivity index (χ1) is 12.6. The number of rotatable bonds is 7. The zero-order valence-corrected chi connectivity index (χ0v) is 15.6. The molecule has 0 aliphatic heterocycles. The van der Waals surface area contributed by atoms with E-state index in [4.69, 9.17) is 9.47 Å². The van der Waals surface area contributed by atoms with Crippen molar-refractivity contribution in [1.82, 2.24) is 0 Å². The van der Waals surface area contributed by atoms with Gasteiger partial charge in [-0.1, -0.05) is 30.3 Å². The Morgan fingerprint density at radius 2 is 1.46 bits per heavy atom. The van der Waals surface area contributed by atoms with Crippen LogP contribution in [0.3, 0.4) is 0 Å². The fraction of sp³-hybridized carbons (Fsp3) is 0.429. The van der Waals surface area contributed by atoms with Gasteiger partial charge < -0.3 is 9.47 Å². The van der Waals surface area contributed by atoms with Crippen LogP contribution in [0.25, 0.3) is 10.4 Å². The van der Waals surface area contributed by atoms with Crippen LogP contribution in [-0.4, -0.2) is 25.2 Å². The zero-order valence-electron chi connectivity index (χ0n) is 14.8. The molecule has 0 N–H and O–H groups in total. The monoisotopic (exact) mass is 370 g/mol. The van der Waals surface area contributed by atoms with Crippen molar-refractivity contribution in [2.45, 2.75) is 32.6 Å². The van der Waals surface area contributed by atoms with Gasteiger partial charge in [0.2, 0.25) is 0 Å². The fourth-order valence-electron chi connectivity index (χ4n) is 2.88. The average molecular weight is 370 g/mol. The van der Waals surface area contributed by atoms with Crippen molar-refractivity contribution in [2.24, 2.45) is 11.8 Å². The minimum atomic E-state index is -0.418. The number of carbonyl (C=O) groups excluding carboxylic acids is 2. The first kappa shape index (κ1) is 17.3. The highest BCUT2D eigenvalue weighted by atomic mass is 32.1. The van der Waals surface area contributed by atoms with E-state index in [1.807, 2.05) is 37.3 Å². The summed E-state index contributed by atoms with van der Waals surface area (Å²) in [5.74, 6) is 0.130. The maximum atomic E-state index is 12.8. The molecule has 136 valence electrons. The molecule has 0 saturated heterocycles. The van der Waals surface area contributed by atoms with Crippen molar-refractivity contribution in [2.75, 3.05) is 13.2 Å². The first-order valence-electron chi connectivity index (χ1n) is 9.16. The van der Waals surface area contributed by atoms with E-state index >= 15 is 0 Å². The molecule has 26 heavy (non-hydrogen) atoms. The van der Waals surface area contributed by atoms with Gasteiger partial charge in [0.1, 0.15) is 0 Å². The normalized spacial score (nSPS) is 16.3. The Labute approximate surface area is 157 Å². The predicted octanol–water partition coefficient (Wildman–Crippen LogP) is 4.86. The van der Waals surface area contributed by atoms with E-state index in [1.165, 1.54) is 11.3 Å². The topological polar surface area (TPSA) is 52.6 Å². The maximum absolute atomic E-state index is 12.8. The lowest BCUT2D eigenvalue weighted by molar-refractivity contribution is 0.0440. The predicted molar refractivity (Wildman–Crippen MR) is 101 cm³/mol. The molecule has 2 saturated carbocycles. The van der Waals surface area contributed by atoms with Crippen LogP contribution in [0.1, 0.15) is 51.3 Å². The Kier molecular flexibility index (Phi) is 4.81. The first-order valence-corrected chi connectivity index (χ1v) is 9.98. The lowest BCUT2D eigenvalue weighted by Crippen LogP contribution is -2.15. The molecule has 0 spiro atoms. The number of hydrogen-bond donors (Lipinski definition) is 0. The van der Waals surface area contributed by atoms with Gasteiger partial charge in [0.15, 0.2) is 0 Å². The molecule has 2 aliphatic carbocycles. The number of carbonyl (C=O) groups is 2. The number of hydrogen-bond acceptors (Lipinski definition) is 5. The van der Waals surface area contributed by atoms with Gasteiger partial charge in [-0.2, -0.15) is 0 Å². The number of ether oxygens (including phenoxy) is 2. The van der Waals surface area contributed by atoms with Crippen LogP contribution >= 0.6 is 11.3 Å². The maximum Gasteiger partial charge on any atom is 0.340 e. The van der Waals surface area contributed by atoms with Gasteiger partial charge in [0.05, 0.1) is 24.3 Å². The van der Waals surface area contributed by atoms with Gasteiger partial charge in [-0.25, -0.2) is 9.59 Å². The van der Waals surface area contributed by atoms with Crippen LogP contribution in [0.4, 0.5) is 0 Å². The second kappa shape index (κ2) is 7.23. The zero-order chi connectivity index (χ0) is 18.1. The third-order valence-electron chi connectivity index (χ3n) is 4.82. The van der Waals surface area contributed by atoms with Gasteiger partial charge in [0, 0.05) is 9.75 Å². The van der Waals surface area contributed by atoms with Crippen molar-refractivity contribution < 1.29 is 19.1 Å². The third kappa shape index (κ3) is 3.83. The van der Waals surface area contributed by atoms with Crippen LogP contribution in [0.5, 0.6) is 0 Å².